The zero-order chi connectivity index (χ0) is 20.8. The number of methoxy groups -OCH3 is 2. The van der Waals surface area contributed by atoms with Gasteiger partial charge in [-0.3, -0.25) is 9.69 Å². The van der Waals surface area contributed by atoms with Gasteiger partial charge in [-0.15, -0.1) is 0 Å². The molecule has 0 spiro atoms. The Morgan fingerprint density at radius 1 is 1.03 bits per heavy atom. The van der Waals surface area contributed by atoms with Gasteiger partial charge in [0.05, 0.1) is 19.2 Å². The van der Waals surface area contributed by atoms with Gasteiger partial charge in [0.25, 0.3) is 5.91 Å². The van der Waals surface area contributed by atoms with Crippen LogP contribution >= 0.6 is 11.6 Å². The molecule has 0 atom stereocenters. The van der Waals surface area contributed by atoms with Crippen molar-refractivity contribution in [3.05, 3.63) is 52.8 Å². The van der Waals surface area contributed by atoms with Gasteiger partial charge in [0.1, 0.15) is 23.1 Å². The fourth-order valence-corrected chi connectivity index (χ4v) is 3.38. The smallest absolute Gasteiger partial charge is 0.260 e. The molecule has 29 heavy (non-hydrogen) atoms. The second kappa shape index (κ2) is 9.80. The van der Waals surface area contributed by atoms with E-state index in [0.29, 0.717) is 25.4 Å². The Balaban J connectivity index is 1.50. The molecule has 1 aliphatic heterocycles. The lowest BCUT2D eigenvalue weighted by Crippen LogP contribution is -2.49. The van der Waals surface area contributed by atoms with Crippen molar-refractivity contribution in [1.82, 2.24) is 9.80 Å². The number of benzene rings is 2. The molecular formula is C21H24ClFN2O4. The lowest BCUT2D eigenvalue weighted by atomic mass is 10.1. The van der Waals surface area contributed by atoms with E-state index in [9.17, 15) is 9.18 Å². The molecule has 6 nitrogen and oxygen atoms in total. The SMILES string of the molecule is COc1ccc(OC)c(CN2CCN(C(=O)COc3ccc(F)c(Cl)c3)CC2)c1. The first-order valence-corrected chi connectivity index (χ1v) is 9.67. The highest BCUT2D eigenvalue weighted by molar-refractivity contribution is 6.30. The first-order chi connectivity index (χ1) is 14.0. The van der Waals surface area contributed by atoms with Gasteiger partial charge < -0.3 is 19.1 Å². The van der Waals surface area contributed by atoms with Crippen molar-refractivity contribution in [1.29, 1.82) is 0 Å². The summed E-state index contributed by atoms with van der Waals surface area (Å²) >= 11 is 5.73. The van der Waals surface area contributed by atoms with Crippen molar-refractivity contribution >= 4 is 17.5 Å². The molecule has 156 valence electrons. The van der Waals surface area contributed by atoms with Gasteiger partial charge >= 0.3 is 0 Å². The van der Waals surface area contributed by atoms with Crippen molar-refractivity contribution in [3.8, 4) is 17.2 Å². The Morgan fingerprint density at radius 3 is 2.41 bits per heavy atom. The molecule has 1 heterocycles. The molecule has 0 unspecified atom stereocenters. The molecule has 0 saturated carbocycles. The van der Waals surface area contributed by atoms with E-state index >= 15 is 0 Å². The normalized spacial score (nSPS) is 14.6. The van der Waals surface area contributed by atoms with E-state index in [1.165, 1.54) is 18.2 Å². The molecule has 1 fully saturated rings. The van der Waals surface area contributed by atoms with E-state index in [4.69, 9.17) is 25.8 Å². The summed E-state index contributed by atoms with van der Waals surface area (Å²) in [7, 11) is 3.29. The Bertz CT molecular complexity index is 857. The summed E-state index contributed by atoms with van der Waals surface area (Å²) in [6, 6.07) is 9.77. The van der Waals surface area contributed by atoms with Gasteiger partial charge in [-0.25, -0.2) is 4.39 Å². The molecule has 8 heteroatoms. The van der Waals surface area contributed by atoms with Crippen LogP contribution in [0.4, 0.5) is 4.39 Å². The summed E-state index contributed by atoms with van der Waals surface area (Å²) in [5.41, 5.74) is 1.04. The number of rotatable bonds is 7. The minimum Gasteiger partial charge on any atom is -0.497 e. The van der Waals surface area contributed by atoms with Gasteiger partial charge in [0.2, 0.25) is 0 Å². The van der Waals surface area contributed by atoms with E-state index in [2.05, 4.69) is 4.90 Å². The summed E-state index contributed by atoms with van der Waals surface area (Å²) in [5.74, 6) is 1.34. The number of hydrogen-bond donors (Lipinski definition) is 0. The summed E-state index contributed by atoms with van der Waals surface area (Å²) in [4.78, 5) is 16.4. The van der Waals surface area contributed by atoms with Gasteiger partial charge in [-0.1, -0.05) is 11.6 Å². The van der Waals surface area contributed by atoms with E-state index < -0.39 is 5.82 Å². The quantitative estimate of drug-likeness (QED) is 0.685. The van der Waals surface area contributed by atoms with Crippen LogP contribution in [0.5, 0.6) is 17.2 Å². The van der Waals surface area contributed by atoms with Crippen LogP contribution in [0, 0.1) is 5.82 Å². The van der Waals surface area contributed by atoms with Crippen LogP contribution in [0.3, 0.4) is 0 Å². The van der Waals surface area contributed by atoms with E-state index in [1.54, 1.807) is 19.1 Å². The monoisotopic (exact) mass is 422 g/mol. The highest BCUT2D eigenvalue weighted by Gasteiger charge is 2.22. The molecule has 1 aliphatic rings. The Morgan fingerprint density at radius 2 is 1.76 bits per heavy atom. The predicted octanol–water partition coefficient (Wildman–Crippen LogP) is 3.22. The Kier molecular flexibility index (Phi) is 7.17. The molecule has 0 aliphatic carbocycles. The van der Waals surface area contributed by atoms with Crippen LogP contribution in [0.2, 0.25) is 5.02 Å². The van der Waals surface area contributed by atoms with E-state index in [1.807, 2.05) is 18.2 Å². The molecule has 2 aromatic carbocycles. The zero-order valence-electron chi connectivity index (χ0n) is 16.5. The van der Waals surface area contributed by atoms with Crippen molar-refractivity contribution < 1.29 is 23.4 Å². The third-order valence-electron chi connectivity index (χ3n) is 4.86. The summed E-state index contributed by atoms with van der Waals surface area (Å²) in [6.07, 6.45) is 0. The average molecular weight is 423 g/mol. The van der Waals surface area contributed by atoms with Crippen molar-refractivity contribution in [3.63, 3.8) is 0 Å². The number of ether oxygens (including phenoxy) is 3. The lowest BCUT2D eigenvalue weighted by molar-refractivity contribution is -0.135. The van der Waals surface area contributed by atoms with Crippen LogP contribution in [0.1, 0.15) is 5.56 Å². The highest BCUT2D eigenvalue weighted by Crippen LogP contribution is 2.26. The minimum absolute atomic E-state index is 0.0310. The molecular weight excluding hydrogens is 399 g/mol. The highest BCUT2D eigenvalue weighted by atomic mass is 35.5. The maximum Gasteiger partial charge on any atom is 0.260 e. The molecule has 3 rings (SSSR count). The molecule has 2 aromatic rings. The van der Waals surface area contributed by atoms with Crippen LogP contribution in [-0.2, 0) is 11.3 Å². The van der Waals surface area contributed by atoms with Gasteiger partial charge in [-0.2, -0.15) is 0 Å². The van der Waals surface area contributed by atoms with Crippen molar-refractivity contribution in [2.45, 2.75) is 6.54 Å². The summed E-state index contributed by atoms with van der Waals surface area (Å²) in [5, 5.41) is -0.0310. The van der Waals surface area contributed by atoms with Crippen LogP contribution < -0.4 is 14.2 Å². The first kappa shape index (κ1) is 21.2. The van der Waals surface area contributed by atoms with Crippen LogP contribution in [-0.4, -0.2) is 62.7 Å². The molecule has 0 N–H and O–H groups in total. The fourth-order valence-electron chi connectivity index (χ4n) is 3.20. The molecule has 0 radical (unpaired) electrons. The van der Waals surface area contributed by atoms with E-state index in [0.717, 1.165) is 30.2 Å². The van der Waals surface area contributed by atoms with Gasteiger partial charge in [-0.05, 0) is 30.3 Å². The third kappa shape index (κ3) is 5.52. The zero-order valence-corrected chi connectivity index (χ0v) is 17.2. The topological polar surface area (TPSA) is 51.2 Å². The van der Waals surface area contributed by atoms with Crippen molar-refractivity contribution in [2.24, 2.45) is 0 Å². The number of piperazine rings is 1. The maximum atomic E-state index is 13.2. The second-order valence-electron chi connectivity index (χ2n) is 6.70. The summed E-state index contributed by atoms with van der Waals surface area (Å²) in [6.45, 7) is 3.32. The molecule has 0 bridgehead atoms. The number of carbonyl (C=O) groups is 1. The van der Waals surface area contributed by atoms with Gasteiger partial charge in [0, 0.05) is 44.4 Å². The molecule has 0 aromatic heterocycles. The van der Waals surface area contributed by atoms with Crippen LogP contribution in [0.25, 0.3) is 0 Å². The lowest BCUT2D eigenvalue weighted by Gasteiger charge is -2.35. The number of halogens is 2. The molecule has 1 saturated heterocycles. The first-order valence-electron chi connectivity index (χ1n) is 9.29. The standard InChI is InChI=1S/C21H24ClFN2O4/c1-27-16-4-6-20(28-2)15(11-16)13-24-7-9-25(10-8-24)21(26)14-29-17-3-5-19(23)18(22)12-17/h3-6,11-12H,7-10,13-14H2,1-2H3. The summed E-state index contributed by atoms with van der Waals surface area (Å²) < 4.78 is 29.4. The maximum absolute atomic E-state index is 13.2. The largest absolute Gasteiger partial charge is 0.497 e. The second-order valence-corrected chi connectivity index (χ2v) is 7.11. The average Bonchev–Trinajstić information content (AvgIpc) is 2.74. The predicted molar refractivity (Wildman–Crippen MR) is 108 cm³/mol. The molecule has 1 amide bonds. The minimum atomic E-state index is -0.519. The Hall–Kier alpha value is -2.51. The van der Waals surface area contributed by atoms with E-state index in [-0.39, 0.29) is 17.5 Å². The number of hydrogen-bond acceptors (Lipinski definition) is 5. The fraction of sp³-hybridized carbons (Fsp3) is 0.381. The van der Waals surface area contributed by atoms with Crippen molar-refractivity contribution in [2.75, 3.05) is 47.0 Å². The number of carbonyl (C=O) groups excluding carboxylic acids is 1. The van der Waals surface area contributed by atoms with Crippen LogP contribution in [0.15, 0.2) is 36.4 Å². The van der Waals surface area contributed by atoms with Gasteiger partial charge in [0.15, 0.2) is 6.61 Å². The number of amides is 1. The number of nitrogens with zero attached hydrogens (tertiary/aromatic N) is 2. The Labute approximate surface area is 174 Å². The third-order valence-corrected chi connectivity index (χ3v) is 5.15.